The predicted octanol–water partition coefficient (Wildman–Crippen LogP) is 3.09. The van der Waals surface area contributed by atoms with E-state index in [0.29, 0.717) is 11.6 Å². The molecular formula is C10H12NW-. The van der Waals surface area contributed by atoms with Crippen LogP contribution in [0.3, 0.4) is 0 Å². The van der Waals surface area contributed by atoms with Crippen molar-refractivity contribution >= 4 is 9.59 Å². The molecule has 1 nitrogen and oxygen atoms in total. The van der Waals surface area contributed by atoms with Gasteiger partial charge in [0.05, 0.1) is 0 Å². The van der Waals surface area contributed by atoms with Crippen molar-refractivity contribution in [3.8, 4) is 0 Å². The van der Waals surface area contributed by atoms with Gasteiger partial charge in [-0.05, 0) is 0 Å². The Labute approximate surface area is 84.4 Å². The van der Waals surface area contributed by atoms with Crippen LogP contribution in [0.5, 0.6) is 0 Å². The molecule has 1 aromatic carbocycles. The maximum atomic E-state index is 7.69. The Morgan fingerprint density at radius 2 is 1.92 bits per heavy atom. The zero-order valence-corrected chi connectivity index (χ0v) is 10.2. The molecule has 0 fully saturated rings. The van der Waals surface area contributed by atoms with E-state index in [0.717, 1.165) is 5.56 Å². The Balaban J connectivity index is 3.03. The van der Waals surface area contributed by atoms with Gasteiger partial charge in [0.15, 0.2) is 0 Å². The van der Waals surface area contributed by atoms with Crippen LogP contribution < -0.4 is 0 Å². The van der Waals surface area contributed by atoms with E-state index in [1.54, 1.807) is 0 Å². The Bertz CT molecular complexity index is 292. The van der Waals surface area contributed by atoms with Crippen molar-refractivity contribution in [2.45, 2.75) is 13.8 Å². The second-order valence-electron chi connectivity index (χ2n) is 3.06. The first-order valence-corrected chi connectivity index (χ1v) is 5.44. The van der Waals surface area contributed by atoms with Gasteiger partial charge in [0.2, 0.25) is 0 Å². The van der Waals surface area contributed by atoms with E-state index in [1.165, 1.54) is 23.3 Å². The topological polar surface area (TPSA) is 23.8 Å². The summed E-state index contributed by atoms with van der Waals surface area (Å²) in [4.78, 5) is 0. The van der Waals surface area contributed by atoms with Gasteiger partial charge in [-0.3, -0.25) is 0 Å². The maximum absolute atomic E-state index is 7.69. The standard InChI is InChI=1S/C10H12N.W/c1-8(2)7-9-5-3-4-6-10(9)11;/h3-6,8,11H,1-2H3;/q-1;. The van der Waals surface area contributed by atoms with Crippen LogP contribution >= 0.6 is 0 Å². The molecular weight excluding hydrogens is 318 g/mol. The second-order valence-corrected chi connectivity index (χ2v) is 4.64. The van der Waals surface area contributed by atoms with Crippen molar-refractivity contribution in [1.82, 2.24) is 0 Å². The fraction of sp³-hybridized carbons (Fsp3) is 0.300. The molecule has 0 aliphatic rings. The van der Waals surface area contributed by atoms with E-state index >= 15 is 0 Å². The molecule has 0 unspecified atom stereocenters. The van der Waals surface area contributed by atoms with E-state index in [2.05, 4.69) is 13.8 Å². The monoisotopic (exact) mass is 330 g/mol. The molecule has 64 valence electrons. The van der Waals surface area contributed by atoms with Crippen LogP contribution in [0.25, 0.3) is 5.73 Å². The summed E-state index contributed by atoms with van der Waals surface area (Å²) in [7, 11) is 0. The fourth-order valence-electron chi connectivity index (χ4n) is 1.01. The molecule has 1 rings (SSSR count). The Morgan fingerprint density at radius 3 is 2.42 bits per heavy atom. The zero-order chi connectivity index (χ0) is 9.14. The molecule has 1 aromatic rings. The molecule has 0 saturated carbocycles. The molecule has 0 amide bonds. The molecule has 0 spiro atoms. The van der Waals surface area contributed by atoms with Crippen molar-refractivity contribution in [2.75, 3.05) is 0 Å². The molecule has 0 aromatic heterocycles. The predicted molar refractivity (Wildman–Crippen MR) is 49.4 cm³/mol. The first-order valence-electron chi connectivity index (χ1n) is 3.97. The van der Waals surface area contributed by atoms with Crippen molar-refractivity contribution in [1.29, 1.82) is 0 Å². The normalized spacial score (nSPS) is 10.2. The van der Waals surface area contributed by atoms with E-state index in [-0.39, 0.29) is 0 Å². The number of hydrogen-bond donors (Lipinski definition) is 0. The van der Waals surface area contributed by atoms with E-state index in [4.69, 9.17) is 5.73 Å². The average Bonchev–Trinajstić information content (AvgIpc) is 2.04. The Morgan fingerprint density at radius 1 is 1.33 bits per heavy atom. The van der Waals surface area contributed by atoms with Crippen molar-refractivity contribution < 1.29 is 19.4 Å². The third kappa shape index (κ3) is 2.04. The zero-order valence-electron chi connectivity index (χ0n) is 7.29. The summed E-state index contributed by atoms with van der Waals surface area (Å²) in [5, 5.41) is 0. The van der Waals surface area contributed by atoms with Crippen LogP contribution in [0.15, 0.2) is 24.3 Å². The van der Waals surface area contributed by atoms with Crippen LogP contribution in [-0.2, 0) is 19.4 Å². The van der Waals surface area contributed by atoms with Crippen molar-refractivity contribution in [3.05, 3.63) is 35.6 Å². The molecule has 0 saturated heterocycles. The summed E-state index contributed by atoms with van der Waals surface area (Å²) in [6, 6.07) is 7.79. The van der Waals surface area contributed by atoms with Crippen LogP contribution in [0.1, 0.15) is 19.4 Å². The summed E-state index contributed by atoms with van der Waals surface area (Å²) in [6.45, 7) is 4.35. The SMILES string of the molecule is CC(C)[C](=[W])c1ccccc1[NH-]. The van der Waals surface area contributed by atoms with Gasteiger partial charge in [-0.15, -0.1) is 0 Å². The molecule has 2 heteroatoms. The Hall–Kier alpha value is -0.422. The minimum atomic E-state index is 0.562. The molecule has 12 heavy (non-hydrogen) atoms. The van der Waals surface area contributed by atoms with Crippen molar-refractivity contribution in [2.24, 2.45) is 5.92 Å². The first-order chi connectivity index (χ1) is 5.63. The van der Waals surface area contributed by atoms with Crippen LogP contribution in [0, 0.1) is 5.92 Å². The average molecular weight is 330 g/mol. The van der Waals surface area contributed by atoms with Crippen molar-refractivity contribution in [3.63, 3.8) is 0 Å². The summed E-state index contributed by atoms with van der Waals surface area (Å²) < 4.78 is 1.38. The summed E-state index contributed by atoms with van der Waals surface area (Å²) in [5.74, 6) is 0.562. The van der Waals surface area contributed by atoms with Gasteiger partial charge >= 0.3 is 84.3 Å². The minimum absolute atomic E-state index is 0.562. The van der Waals surface area contributed by atoms with Gasteiger partial charge in [0.25, 0.3) is 0 Å². The van der Waals surface area contributed by atoms with Gasteiger partial charge < -0.3 is 0 Å². The summed E-state index contributed by atoms with van der Waals surface area (Å²) in [6.07, 6.45) is 0. The quantitative estimate of drug-likeness (QED) is 0.796. The third-order valence-corrected chi connectivity index (χ3v) is 4.20. The molecule has 0 heterocycles. The molecule has 0 atom stereocenters. The van der Waals surface area contributed by atoms with E-state index in [9.17, 15) is 0 Å². The summed E-state index contributed by atoms with van der Waals surface area (Å²) in [5.41, 5.74) is 9.45. The number of nitrogens with one attached hydrogen (secondary N) is 1. The van der Waals surface area contributed by atoms with Gasteiger partial charge in [-0.2, -0.15) is 0 Å². The van der Waals surface area contributed by atoms with Gasteiger partial charge in [-0.1, -0.05) is 0 Å². The number of benzene rings is 1. The van der Waals surface area contributed by atoms with E-state index in [1.807, 2.05) is 24.3 Å². The summed E-state index contributed by atoms with van der Waals surface area (Å²) >= 11 is 1.47. The van der Waals surface area contributed by atoms with Crippen LogP contribution in [-0.4, -0.2) is 3.90 Å². The van der Waals surface area contributed by atoms with E-state index < -0.39 is 0 Å². The fourth-order valence-corrected chi connectivity index (χ4v) is 1.65. The molecule has 1 N–H and O–H groups in total. The number of hydrogen-bond acceptors (Lipinski definition) is 0. The van der Waals surface area contributed by atoms with Crippen LogP contribution in [0.4, 0.5) is 5.69 Å². The molecule has 0 aliphatic heterocycles. The first kappa shape index (κ1) is 9.66. The van der Waals surface area contributed by atoms with Gasteiger partial charge in [-0.25, -0.2) is 0 Å². The third-order valence-electron chi connectivity index (χ3n) is 1.72. The van der Waals surface area contributed by atoms with Gasteiger partial charge in [0.1, 0.15) is 0 Å². The molecule has 0 aliphatic carbocycles. The second kappa shape index (κ2) is 4.00. The van der Waals surface area contributed by atoms with Crippen LogP contribution in [0.2, 0.25) is 0 Å². The molecule has 0 radical (unpaired) electrons. The molecule has 0 bridgehead atoms. The Kier molecular flexibility index (Phi) is 3.22. The number of rotatable bonds is 2. The van der Waals surface area contributed by atoms with Gasteiger partial charge in [0, 0.05) is 0 Å².